The van der Waals surface area contributed by atoms with Crippen LogP contribution in [0.25, 0.3) is 0 Å². The number of carboxylic acid groups (broad SMARTS) is 1. The second-order valence-electron chi connectivity index (χ2n) is 6.12. The standard InChI is InChI=1S/C14H24N2O3/c1-10-4-2-6-14(8-10,13(18)19)16-12(17)11-5-3-7-15-9-11/h10-11,15H,2-9H2,1H3,(H,16,17)(H,18,19)/t10?,11-,14?/m1/s1. The third-order valence-corrected chi connectivity index (χ3v) is 4.44. The number of carbonyl (C=O) groups is 2. The van der Waals surface area contributed by atoms with Crippen LogP contribution >= 0.6 is 0 Å². The van der Waals surface area contributed by atoms with Gasteiger partial charge in [-0.3, -0.25) is 4.79 Å². The number of carbonyl (C=O) groups excluding carboxylic acids is 1. The second-order valence-corrected chi connectivity index (χ2v) is 6.12. The quantitative estimate of drug-likeness (QED) is 0.717. The van der Waals surface area contributed by atoms with Gasteiger partial charge in [-0.15, -0.1) is 0 Å². The number of nitrogens with one attached hydrogen (secondary N) is 2. The van der Waals surface area contributed by atoms with Gasteiger partial charge in [-0.25, -0.2) is 4.79 Å². The summed E-state index contributed by atoms with van der Waals surface area (Å²) in [5, 5.41) is 15.6. The summed E-state index contributed by atoms with van der Waals surface area (Å²) in [6, 6.07) is 0. The van der Waals surface area contributed by atoms with Crippen LogP contribution in [0.5, 0.6) is 0 Å². The van der Waals surface area contributed by atoms with Gasteiger partial charge < -0.3 is 15.7 Å². The maximum Gasteiger partial charge on any atom is 0.329 e. The van der Waals surface area contributed by atoms with E-state index < -0.39 is 11.5 Å². The molecule has 2 fully saturated rings. The summed E-state index contributed by atoms with van der Waals surface area (Å²) in [5.74, 6) is -0.697. The van der Waals surface area contributed by atoms with Crippen LogP contribution in [0, 0.1) is 11.8 Å². The Balaban J connectivity index is 2.03. The zero-order valence-corrected chi connectivity index (χ0v) is 11.6. The lowest BCUT2D eigenvalue weighted by molar-refractivity contribution is -0.150. The van der Waals surface area contributed by atoms with Crippen LogP contribution in [0.4, 0.5) is 0 Å². The molecule has 1 aliphatic carbocycles. The minimum atomic E-state index is -1.04. The van der Waals surface area contributed by atoms with Gasteiger partial charge in [0.05, 0.1) is 5.92 Å². The smallest absolute Gasteiger partial charge is 0.329 e. The Morgan fingerprint density at radius 1 is 1.32 bits per heavy atom. The van der Waals surface area contributed by atoms with E-state index in [1.807, 2.05) is 0 Å². The van der Waals surface area contributed by atoms with Crippen LogP contribution in [0.2, 0.25) is 0 Å². The SMILES string of the molecule is CC1CCCC(NC(=O)[C@@H]2CCCNC2)(C(=O)O)C1. The van der Waals surface area contributed by atoms with Gasteiger partial charge in [0, 0.05) is 6.54 Å². The number of piperidine rings is 1. The molecule has 2 unspecified atom stereocenters. The maximum absolute atomic E-state index is 12.3. The van der Waals surface area contributed by atoms with Gasteiger partial charge in [0.2, 0.25) is 5.91 Å². The van der Waals surface area contributed by atoms with Crippen molar-refractivity contribution in [3.63, 3.8) is 0 Å². The summed E-state index contributed by atoms with van der Waals surface area (Å²) in [5.41, 5.74) is -1.04. The molecule has 1 amide bonds. The fourth-order valence-electron chi connectivity index (χ4n) is 3.33. The van der Waals surface area contributed by atoms with E-state index in [1.165, 1.54) is 0 Å². The third-order valence-electron chi connectivity index (χ3n) is 4.44. The lowest BCUT2D eigenvalue weighted by Gasteiger charge is -2.38. The number of aliphatic carboxylic acids is 1. The number of amides is 1. The lowest BCUT2D eigenvalue weighted by Crippen LogP contribution is -2.59. The average molecular weight is 268 g/mol. The van der Waals surface area contributed by atoms with Crippen LogP contribution in [-0.4, -0.2) is 35.6 Å². The molecule has 0 spiro atoms. The van der Waals surface area contributed by atoms with E-state index in [-0.39, 0.29) is 11.8 Å². The summed E-state index contributed by atoms with van der Waals surface area (Å²) >= 11 is 0. The molecular weight excluding hydrogens is 244 g/mol. The fraction of sp³-hybridized carbons (Fsp3) is 0.857. The Labute approximate surface area is 114 Å². The van der Waals surface area contributed by atoms with Crippen LogP contribution in [0.1, 0.15) is 45.4 Å². The van der Waals surface area contributed by atoms with E-state index in [4.69, 9.17) is 0 Å². The molecule has 0 aromatic rings. The van der Waals surface area contributed by atoms with Crippen molar-refractivity contribution in [1.82, 2.24) is 10.6 Å². The first kappa shape index (κ1) is 14.3. The zero-order chi connectivity index (χ0) is 13.9. The number of carboxylic acids is 1. The minimum Gasteiger partial charge on any atom is -0.480 e. The molecule has 1 saturated heterocycles. The summed E-state index contributed by atoms with van der Waals surface area (Å²) in [6.45, 7) is 3.67. The van der Waals surface area contributed by atoms with Crippen molar-refractivity contribution in [1.29, 1.82) is 0 Å². The molecule has 0 radical (unpaired) electrons. The Kier molecular flexibility index (Phi) is 4.45. The molecule has 0 aromatic carbocycles. The van der Waals surface area contributed by atoms with E-state index in [0.717, 1.165) is 32.2 Å². The highest BCUT2D eigenvalue weighted by Crippen LogP contribution is 2.33. The predicted molar refractivity (Wildman–Crippen MR) is 71.7 cm³/mol. The van der Waals surface area contributed by atoms with Crippen molar-refractivity contribution < 1.29 is 14.7 Å². The van der Waals surface area contributed by atoms with Crippen LogP contribution in [-0.2, 0) is 9.59 Å². The third kappa shape index (κ3) is 3.26. The average Bonchev–Trinajstić information content (AvgIpc) is 2.39. The summed E-state index contributed by atoms with van der Waals surface area (Å²) in [6.07, 6.45) is 4.86. The molecule has 1 heterocycles. The van der Waals surface area contributed by atoms with Crippen molar-refractivity contribution in [2.24, 2.45) is 11.8 Å². The summed E-state index contributed by atoms with van der Waals surface area (Å²) in [7, 11) is 0. The highest BCUT2D eigenvalue weighted by atomic mass is 16.4. The highest BCUT2D eigenvalue weighted by molar-refractivity contribution is 5.88. The van der Waals surface area contributed by atoms with Crippen LogP contribution < -0.4 is 10.6 Å². The first-order chi connectivity index (χ1) is 9.03. The lowest BCUT2D eigenvalue weighted by atomic mass is 9.76. The van der Waals surface area contributed by atoms with Gasteiger partial charge in [-0.2, -0.15) is 0 Å². The molecule has 0 aromatic heterocycles. The second kappa shape index (κ2) is 5.90. The van der Waals surface area contributed by atoms with Crippen molar-refractivity contribution in [2.45, 2.75) is 51.0 Å². The van der Waals surface area contributed by atoms with Gasteiger partial charge in [0.1, 0.15) is 5.54 Å². The predicted octanol–water partition coefficient (Wildman–Crippen LogP) is 1.14. The minimum absolute atomic E-state index is 0.0813. The number of hydrogen-bond acceptors (Lipinski definition) is 3. The molecule has 2 aliphatic rings. The molecule has 3 atom stereocenters. The topological polar surface area (TPSA) is 78.4 Å². The maximum atomic E-state index is 12.3. The van der Waals surface area contributed by atoms with Crippen molar-refractivity contribution in [2.75, 3.05) is 13.1 Å². The number of hydrogen-bond donors (Lipinski definition) is 3. The van der Waals surface area contributed by atoms with Crippen molar-refractivity contribution in [3.8, 4) is 0 Å². The zero-order valence-electron chi connectivity index (χ0n) is 11.6. The normalized spacial score (nSPS) is 35.6. The first-order valence-electron chi connectivity index (χ1n) is 7.30. The monoisotopic (exact) mass is 268 g/mol. The van der Waals surface area contributed by atoms with Gasteiger partial charge in [-0.05, 0) is 38.1 Å². The van der Waals surface area contributed by atoms with Gasteiger partial charge in [0.25, 0.3) is 0 Å². The van der Waals surface area contributed by atoms with Crippen molar-refractivity contribution >= 4 is 11.9 Å². The van der Waals surface area contributed by atoms with Gasteiger partial charge in [0.15, 0.2) is 0 Å². The van der Waals surface area contributed by atoms with E-state index in [2.05, 4.69) is 17.6 Å². The molecule has 2 rings (SSSR count). The van der Waals surface area contributed by atoms with Crippen LogP contribution in [0.15, 0.2) is 0 Å². The Bertz CT molecular complexity index is 353. The van der Waals surface area contributed by atoms with Gasteiger partial charge in [-0.1, -0.05) is 19.8 Å². The van der Waals surface area contributed by atoms with Crippen LogP contribution in [0.3, 0.4) is 0 Å². The summed E-state index contributed by atoms with van der Waals surface area (Å²) < 4.78 is 0. The molecule has 1 aliphatic heterocycles. The molecule has 3 N–H and O–H groups in total. The highest BCUT2D eigenvalue weighted by Gasteiger charge is 2.44. The van der Waals surface area contributed by atoms with E-state index in [0.29, 0.717) is 25.3 Å². The van der Waals surface area contributed by atoms with E-state index in [1.54, 1.807) is 0 Å². The Morgan fingerprint density at radius 3 is 2.68 bits per heavy atom. The Hall–Kier alpha value is -1.10. The molecule has 19 heavy (non-hydrogen) atoms. The fourth-order valence-corrected chi connectivity index (χ4v) is 3.33. The van der Waals surface area contributed by atoms with Crippen molar-refractivity contribution in [3.05, 3.63) is 0 Å². The van der Waals surface area contributed by atoms with Gasteiger partial charge >= 0.3 is 5.97 Å². The molecule has 1 saturated carbocycles. The van der Waals surface area contributed by atoms with E-state index in [9.17, 15) is 14.7 Å². The first-order valence-corrected chi connectivity index (χ1v) is 7.30. The molecule has 5 nitrogen and oxygen atoms in total. The largest absolute Gasteiger partial charge is 0.480 e. The van der Waals surface area contributed by atoms with E-state index >= 15 is 0 Å². The molecule has 108 valence electrons. The molecule has 0 bridgehead atoms. The number of rotatable bonds is 3. The Morgan fingerprint density at radius 2 is 2.11 bits per heavy atom. The molecule has 5 heteroatoms. The summed E-state index contributed by atoms with van der Waals surface area (Å²) in [4.78, 5) is 23.9. The molecular formula is C14H24N2O3.